The van der Waals surface area contributed by atoms with Crippen LogP contribution in [0.15, 0.2) is 61.7 Å². The molecule has 2 unspecified atom stereocenters. The number of rotatable bonds is 10. The second-order valence-electron chi connectivity index (χ2n) is 9.69. The zero-order valence-corrected chi connectivity index (χ0v) is 23.1. The van der Waals surface area contributed by atoms with Crippen molar-refractivity contribution in [3.8, 4) is 0 Å². The first-order valence-electron chi connectivity index (χ1n) is 12.0. The summed E-state index contributed by atoms with van der Waals surface area (Å²) in [7, 11) is 0. The zero-order valence-electron chi connectivity index (χ0n) is 22.2. The summed E-state index contributed by atoms with van der Waals surface area (Å²) in [5, 5.41) is 5.60. The van der Waals surface area contributed by atoms with Crippen LogP contribution >= 0.6 is 12.6 Å². The molecule has 0 spiro atoms. The number of hydrogen-bond donors (Lipinski definition) is 3. The van der Waals surface area contributed by atoms with E-state index in [9.17, 15) is 14.4 Å². The number of amides is 3. The van der Waals surface area contributed by atoms with Crippen molar-refractivity contribution >= 4 is 42.3 Å². The molecular formula is C29H37N3O4S. The Morgan fingerprint density at radius 2 is 1.70 bits per heavy atom. The van der Waals surface area contributed by atoms with E-state index >= 15 is 0 Å². The number of para-hydroxylation sites is 1. The first-order chi connectivity index (χ1) is 17.4. The highest BCUT2D eigenvalue weighted by molar-refractivity contribution is 7.80. The van der Waals surface area contributed by atoms with Gasteiger partial charge in [-0.25, -0.2) is 4.79 Å². The van der Waals surface area contributed by atoms with Crippen molar-refractivity contribution in [1.29, 1.82) is 0 Å². The second kappa shape index (κ2) is 13.1. The molecule has 0 aliphatic heterocycles. The van der Waals surface area contributed by atoms with Gasteiger partial charge in [-0.05, 0) is 62.9 Å². The number of anilines is 1. The molecule has 0 aromatic heterocycles. The number of ether oxygens (including phenoxy) is 1. The lowest BCUT2D eigenvalue weighted by molar-refractivity contribution is -0.139. The van der Waals surface area contributed by atoms with E-state index in [0.29, 0.717) is 11.3 Å². The van der Waals surface area contributed by atoms with Crippen molar-refractivity contribution in [2.75, 3.05) is 17.6 Å². The first kappa shape index (κ1) is 29.7. The van der Waals surface area contributed by atoms with Crippen LogP contribution in [0.1, 0.15) is 49.1 Å². The number of aryl methyl sites for hydroxylation is 2. The van der Waals surface area contributed by atoms with Gasteiger partial charge in [-0.1, -0.05) is 55.1 Å². The minimum Gasteiger partial charge on any atom is -0.444 e. The van der Waals surface area contributed by atoms with Gasteiger partial charge in [-0.3, -0.25) is 9.59 Å². The third-order valence-electron chi connectivity index (χ3n) is 5.53. The van der Waals surface area contributed by atoms with Gasteiger partial charge >= 0.3 is 6.09 Å². The molecule has 0 aliphatic rings. The number of carbonyl (C=O) groups is 3. The molecule has 0 aliphatic carbocycles. The maximum Gasteiger partial charge on any atom is 0.408 e. The van der Waals surface area contributed by atoms with E-state index < -0.39 is 35.6 Å². The lowest BCUT2D eigenvalue weighted by atomic mass is 9.99. The van der Waals surface area contributed by atoms with Gasteiger partial charge in [0.15, 0.2) is 0 Å². The predicted octanol–water partition coefficient (Wildman–Crippen LogP) is 5.46. The Morgan fingerprint density at radius 3 is 2.24 bits per heavy atom. The molecule has 0 fully saturated rings. The van der Waals surface area contributed by atoms with Gasteiger partial charge in [-0.15, -0.1) is 6.58 Å². The molecule has 0 saturated carbocycles. The molecule has 8 heteroatoms. The summed E-state index contributed by atoms with van der Waals surface area (Å²) in [6.07, 6.45) is 2.46. The molecule has 0 bridgehead atoms. The molecule has 3 amide bonds. The Kier molecular flexibility index (Phi) is 10.6. The van der Waals surface area contributed by atoms with Crippen LogP contribution in [0.3, 0.4) is 0 Å². The highest BCUT2D eigenvalue weighted by Crippen LogP contribution is 2.28. The van der Waals surface area contributed by atoms with Crippen LogP contribution in [0, 0.1) is 13.8 Å². The largest absolute Gasteiger partial charge is 0.444 e. The summed E-state index contributed by atoms with van der Waals surface area (Å²) in [5.41, 5.74) is 3.12. The Balaban J connectivity index is 2.53. The summed E-state index contributed by atoms with van der Waals surface area (Å²) in [6.45, 7) is 16.7. The zero-order chi connectivity index (χ0) is 27.8. The van der Waals surface area contributed by atoms with Crippen LogP contribution in [0.2, 0.25) is 0 Å². The average molecular weight is 524 g/mol. The van der Waals surface area contributed by atoms with Crippen LogP contribution in [-0.2, 0) is 14.3 Å². The fourth-order valence-electron chi connectivity index (χ4n) is 3.83. The van der Waals surface area contributed by atoms with E-state index in [1.807, 2.05) is 44.2 Å². The maximum absolute atomic E-state index is 13.9. The van der Waals surface area contributed by atoms with E-state index in [1.54, 1.807) is 39.0 Å². The number of benzene rings is 2. The summed E-state index contributed by atoms with van der Waals surface area (Å²) in [4.78, 5) is 41.5. The normalized spacial score (nSPS) is 12.6. The number of nitrogens with one attached hydrogen (secondary N) is 2. The van der Waals surface area contributed by atoms with Gasteiger partial charge in [-0.2, -0.15) is 12.6 Å². The van der Waals surface area contributed by atoms with Gasteiger partial charge in [0, 0.05) is 18.0 Å². The average Bonchev–Trinajstić information content (AvgIpc) is 2.83. The van der Waals surface area contributed by atoms with Crippen molar-refractivity contribution in [2.24, 2.45) is 0 Å². The summed E-state index contributed by atoms with van der Waals surface area (Å²) >= 11 is 4.29. The third-order valence-corrected chi connectivity index (χ3v) is 5.90. The molecule has 0 radical (unpaired) electrons. The lowest BCUT2D eigenvalue weighted by Crippen LogP contribution is -2.53. The van der Waals surface area contributed by atoms with E-state index in [4.69, 9.17) is 4.74 Å². The van der Waals surface area contributed by atoms with Crippen LogP contribution in [-0.4, -0.2) is 46.7 Å². The number of hydrogen-bond acceptors (Lipinski definition) is 5. The topological polar surface area (TPSA) is 87.7 Å². The van der Waals surface area contributed by atoms with Crippen molar-refractivity contribution in [3.63, 3.8) is 0 Å². The van der Waals surface area contributed by atoms with E-state index in [1.165, 1.54) is 11.0 Å². The van der Waals surface area contributed by atoms with Gasteiger partial charge in [0.1, 0.15) is 17.7 Å². The van der Waals surface area contributed by atoms with Crippen molar-refractivity contribution in [1.82, 2.24) is 10.2 Å². The molecule has 0 heterocycles. The van der Waals surface area contributed by atoms with Crippen LogP contribution in [0.5, 0.6) is 0 Å². The molecule has 2 atom stereocenters. The van der Waals surface area contributed by atoms with E-state index in [-0.39, 0.29) is 12.3 Å². The highest BCUT2D eigenvalue weighted by atomic mass is 32.1. The molecule has 0 saturated heterocycles. The van der Waals surface area contributed by atoms with Crippen molar-refractivity contribution < 1.29 is 19.1 Å². The van der Waals surface area contributed by atoms with Gasteiger partial charge in [0.25, 0.3) is 5.91 Å². The molecule has 2 rings (SSSR count). The number of carbonyl (C=O) groups excluding carboxylic acids is 3. The smallest absolute Gasteiger partial charge is 0.408 e. The van der Waals surface area contributed by atoms with Gasteiger partial charge in [0.2, 0.25) is 5.91 Å². The number of alkyl carbamates (subject to hydrolysis) is 1. The first-order valence-corrected chi connectivity index (χ1v) is 12.7. The Hall–Kier alpha value is -3.52. The molecule has 2 N–H and O–H groups in total. The molecule has 7 nitrogen and oxygen atoms in total. The quantitative estimate of drug-likeness (QED) is 0.285. The molecule has 2 aromatic rings. The van der Waals surface area contributed by atoms with Crippen molar-refractivity contribution in [2.45, 2.75) is 52.3 Å². The Bertz CT molecular complexity index is 1140. The van der Waals surface area contributed by atoms with Crippen LogP contribution in [0.25, 0.3) is 6.08 Å². The minimum atomic E-state index is -1.03. The molecular weight excluding hydrogens is 486 g/mol. The fraction of sp³-hybridized carbons (Fsp3) is 0.345. The SMILES string of the molecule is C=CCN(C(=O)C(CS)NC(=O)OC(C)(C)C)C(C(=O)Nc1c(C)cccc1C)c1cccc(C=C)c1. The van der Waals surface area contributed by atoms with E-state index in [2.05, 4.69) is 36.4 Å². The van der Waals surface area contributed by atoms with Crippen molar-refractivity contribution in [3.05, 3.63) is 84.0 Å². The summed E-state index contributed by atoms with van der Waals surface area (Å²) < 4.78 is 5.32. The number of nitrogens with zero attached hydrogens (tertiary/aromatic N) is 1. The summed E-state index contributed by atoms with van der Waals surface area (Å²) in [5.74, 6) is -0.890. The monoisotopic (exact) mass is 523 g/mol. The predicted molar refractivity (Wildman–Crippen MR) is 153 cm³/mol. The van der Waals surface area contributed by atoms with Gasteiger partial charge in [0.05, 0.1) is 0 Å². The maximum atomic E-state index is 13.9. The lowest BCUT2D eigenvalue weighted by Gasteiger charge is -2.33. The third kappa shape index (κ3) is 8.25. The Morgan fingerprint density at radius 1 is 1.08 bits per heavy atom. The standard InChI is InChI=1S/C29H37N3O4S/c1-8-16-32(27(34)23(18-37)30-28(35)36-29(5,6)7)25(22-15-11-14-21(9-2)17-22)26(33)31-24-19(3)12-10-13-20(24)4/h8-15,17,23,25,37H,1-2,16,18H2,3-7H3,(H,30,35)(H,31,33). The number of thiol groups is 1. The molecule has 2 aromatic carbocycles. The van der Waals surface area contributed by atoms with Crippen LogP contribution < -0.4 is 10.6 Å². The minimum absolute atomic E-state index is 0.00363. The van der Waals surface area contributed by atoms with Gasteiger partial charge < -0.3 is 20.3 Å². The van der Waals surface area contributed by atoms with Crippen LogP contribution in [0.4, 0.5) is 10.5 Å². The fourth-order valence-corrected chi connectivity index (χ4v) is 4.08. The van der Waals surface area contributed by atoms with E-state index in [0.717, 1.165) is 16.7 Å². The molecule has 198 valence electrons. The summed E-state index contributed by atoms with van der Waals surface area (Å²) in [6, 6.07) is 10.9. The Labute approximate surface area is 225 Å². The second-order valence-corrected chi connectivity index (χ2v) is 10.1. The highest BCUT2D eigenvalue weighted by Gasteiger charge is 2.35. The molecule has 37 heavy (non-hydrogen) atoms.